The zero-order valence-electron chi connectivity index (χ0n) is 24.2. The maximum Gasteiger partial charge on any atom is 0.233 e. The summed E-state index contributed by atoms with van der Waals surface area (Å²) in [6.45, 7) is 9.09. The first-order valence-corrected chi connectivity index (χ1v) is 15.0. The Morgan fingerprint density at radius 3 is 2.17 bits per heavy atom. The number of carbonyl (C=O) groups excluding carboxylic acids is 1. The lowest BCUT2D eigenvalue weighted by molar-refractivity contribution is -0.211. The molecule has 6 aliphatic rings. The summed E-state index contributed by atoms with van der Waals surface area (Å²) in [6, 6.07) is 16.9. The summed E-state index contributed by atoms with van der Waals surface area (Å²) in [5.41, 5.74) is 2.66. The summed E-state index contributed by atoms with van der Waals surface area (Å²) in [6.07, 6.45) is 7.31. The largest absolute Gasteiger partial charge is 0.339 e. The molecule has 1 aromatic heterocycles. The number of halogens is 1. The van der Waals surface area contributed by atoms with Crippen LogP contribution in [0, 0.1) is 17.8 Å². The van der Waals surface area contributed by atoms with E-state index in [1.807, 2.05) is 4.90 Å². The molecule has 1 amide bonds. The van der Waals surface area contributed by atoms with E-state index in [9.17, 15) is 9.18 Å². The molecule has 1 heterocycles. The van der Waals surface area contributed by atoms with Gasteiger partial charge in [0.15, 0.2) is 5.82 Å². The minimum atomic E-state index is -1.10. The summed E-state index contributed by atoms with van der Waals surface area (Å²) < 4.78 is 20.2. The molecule has 0 spiro atoms. The molecule has 0 saturated heterocycles. The fourth-order valence-corrected chi connectivity index (χ4v) is 7.97. The van der Waals surface area contributed by atoms with Crippen molar-refractivity contribution in [3.63, 3.8) is 0 Å². The lowest BCUT2D eigenvalue weighted by Gasteiger charge is -2.65. The van der Waals surface area contributed by atoms with E-state index in [0.717, 1.165) is 61.2 Å². The maximum atomic E-state index is 14.6. The number of fused-ring (bicyclic) bond motifs is 3. The van der Waals surface area contributed by atoms with Gasteiger partial charge in [-0.3, -0.25) is 4.79 Å². The topological polar surface area (TPSA) is 59.2 Å². The van der Waals surface area contributed by atoms with Gasteiger partial charge in [0.05, 0.1) is 5.41 Å². The Morgan fingerprint density at radius 1 is 0.950 bits per heavy atom. The van der Waals surface area contributed by atoms with Crippen LogP contribution in [0.3, 0.4) is 0 Å². The molecule has 6 saturated carbocycles. The summed E-state index contributed by atoms with van der Waals surface area (Å²) in [5.74, 6) is 1.69. The zero-order valence-corrected chi connectivity index (χ0v) is 24.2. The third-order valence-electron chi connectivity index (χ3n) is 10.6. The first-order chi connectivity index (χ1) is 18.9. The van der Waals surface area contributed by atoms with Gasteiger partial charge in [0.2, 0.25) is 11.8 Å². The van der Waals surface area contributed by atoms with E-state index >= 15 is 0 Å². The number of rotatable bonds is 6. The van der Waals surface area contributed by atoms with Gasteiger partial charge in [0.1, 0.15) is 5.67 Å². The number of benzene rings is 2. The number of hydrogen-bond donors (Lipinski definition) is 0. The molecule has 6 aliphatic carbocycles. The van der Waals surface area contributed by atoms with Crippen molar-refractivity contribution in [3.8, 4) is 11.1 Å². The molecule has 6 heteroatoms. The number of nitrogens with zero attached hydrogens (tertiary/aromatic N) is 3. The SMILES string of the molecule is Cc1ccc(-c2cccc(N(CC34CCC(c5noc(C(C)(C)C)n5)(CC3)CC4)C(=O)C34CC(F)(C3)C4)c2)cc1. The number of alkyl halides is 1. The van der Waals surface area contributed by atoms with Crippen LogP contribution in [0.25, 0.3) is 11.1 Å². The molecule has 210 valence electrons. The van der Waals surface area contributed by atoms with E-state index in [1.54, 1.807) is 0 Å². The average Bonchev–Trinajstić information content (AvgIpc) is 3.43. The summed E-state index contributed by atoms with van der Waals surface area (Å²) in [4.78, 5) is 21.1. The maximum absolute atomic E-state index is 14.6. The summed E-state index contributed by atoms with van der Waals surface area (Å²) in [5, 5.41) is 4.45. The lowest BCUT2D eigenvalue weighted by atomic mass is 9.41. The van der Waals surface area contributed by atoms with Gasteiger partial charge in [0.25, 0.3) is 0 Å². The standard InChI is InChI=1S/C34H40FN3O2/c1-23-8-10-24(11-9-23)25-6-5-7-26(18-25)38(29(39)33-19-34(35,20-33)21-33)22-31-12-15-32(16-13-31,17-14-31)27-36-28(40-37-27)30(2,3)4/h5-11,18H,12-17,19-22H2,1-4H3. The molecule has 40 heavy (non-hydrogen) atoms. The second-order valence-corrected chi connectivity index (χ2v) is 14.7. The Labute approximate surface area is 236 Å². The first kappa shape index (κ1) is 25.9. The molecule has 0 N–H and O–H groups in total. The number of aryl methyl sites for hydroxylation is 1. The highest BCUT2D eigenvalue weighted by Gasteiger charge is 2.73. The van der Waals surface area contributed by atoms with Crippen molar-refractivity contribution < 1.29 is 13.7 Å². The Balaban J connectivity index is 1.16. The van der Waals surface area contributed by atoms with Gasteiger partial charge in [0, 0.05) is 23.1 Å². The molecule has 6 fully saturated rings. The van der Waals surface area contributed by atoms with Crippen LogP contribution in [0.5, 0.6) is 0 Å². The molecule has 2 aromatic carbocycles. The van der Waals surface area contributed by atoms with Crippen LogP contribution in [0.15, 0.2) is 53.1 Å². The van der Waals surface area contributed by atoms with Gasteiger partial charge in [-0.15, -0.1) is 0 Å². The molecule has 0 atom stereocenters. The second kappa shape index (κ2) is 8.50. The van der Waals surface area contributed by atoms with Crippen molar-refractivity contribution >= 4 is 11.6 Å². The number of hydrogen-bond acceptors (Lipinski definition) is 4. The average molecular weight is 542 g/mol. The monoisotopic (exact) mass is 541 g/mol. The smallest absolute Gasteiger partial charge is 0.233 e. The van der Waals surface area contributed by atoms with Crippen LogP contribution < -0.4 is 4.90 Å². The quantitative estimate of drug-likeness (QED) is 0.319. The van der Waals surface area contributed by atoms with E-state index in [-0.39, 0.29) is 22.2 Å². The molecular weight excluding hydrogens is 501 g/mol. The predicted molar refractivity (Wildman–Crippen MR) is 154 cm³/mol. The molecular formula is C34H40FN3O2. The number of carbonyl (C=O) groups is 1. The van der Waals surface area contributed by atoms with Crippen molar-refractivity contribution in [1.29, 1.82) is 0 Å². The van der Waals surface area contributed by atoms with Crippen molar-refractivity contribution in [2.24, 2.45) is 10.8 Å². The van der Waals surface area contributed by atoms with Crippen LogP contribution in [-0.4, -0.2) is 28.3 Å². The number of amides is 1. The Kier molecular flexibility index (Phi) is 5.51. The summed E-state index contributed by atoms with van der Waals surface area (Å²) in [7, 11) is 0. The normalized spacial score (nSPS) is 32.3. The second-order valence-electron chi connectivity index (χ2n) is 14.7. The van der Waals surface area contributed by atoms with Crippen LogP contribution in [0.1, 0.15) is 95.8 Å². The van der Waals surface area contributed by atoms with E-state index in [1.165, 1.54) is 5.56 Å². The van der Waals surface area contributed by atoms with Gasteiger partial charge >= 0.3 is 0 Å². The van der Waals surface area contributed by atoms with Gasteiger partial charge in [-0.05, 0) is 93.4 Å². The zero-order chi connectivity index (χ0) is 28.0. The highest BCUT2D eigenvalue weighted by atomic mass is 19.1. The summed E-state index contributed by atoms with van der Waals surface area (Å²) >= 11 is 0. The number of anilines is 1. The van der Waals surface area contributed by atoms with Crippen LogP contribution >= 0.6 is 0 Å². The highest BCUT2D eigenvalue weighted by molar-refractivity contribution is 6.00. The highest BCUT2D eigenvalue weighted by Crippen LogP contribution is 2.70. The molecule has 0 unspecified atom stereocenters. The van der Waals surface area contributed by atoms with Gasteiger partial charge in [-0.25, -0.2) is 4.39 Å². The minimum absolute atomic E-state index is 0.0244. The van der Waals surface area contributed by atoms with Crippen molar-refractivity contribution in [2.45, 2.75) is 102 Å². The van der Waals surface area contributed by atoms with Gasteiger partial charge in [-0.2, -0.15) is 4.98 Å². The molecule has 4 bridgehead atoms. The van der Waals surface area contributed by atoms with Crippen LogP contribution in [0.2, 0.25) is 0 Å². The third kappa shape index (κ3) is 4.04. The van der Waals surface area contributed by atoms with E-state index in [4.69, 9.17) is 9.51 Å². The Morgan fingerprint density at radius 2 is 1.60 bits per heavy atom. The molecule has 5 nitrogen and oxygen atoms in total. The fraction of sp³-hybridized carbons (Fsp3) is 0.559. The molecule has 3 aromatic rings. The van der Waals surface area contributed by atoms with E-state index in [2.05, 4.69) is 81.4 Å². The van der Waals surface area contributed by atoms with E-state index < -0.39 is 11.1 Å². The predicted octanol–water partition coefficient (Wildman–Crippen LogP) is 7.86. The van der Waals surface area contributed by atoms with Crippen molar-refractivity contribution in [3.05, 3.63) is 65.8 Å². The van der Waals surface area contributed by atoms with Gasteiger partial charge in [-0.1, -0.05) is 67.9 Å². The van der Waals surface area contributed by atoms with Crippen molar-refractivity contribution in [1.82, 2.24) is 10.1 Å². The van der Waals surface area contributed by atoms with Gasteiger partial charge < -0.3 is 9.42 Å². The Hall–Kier alpha value is -3.02. The lowest BCUT2D eigenvalue weighted by Crippen LogP contribution is -2.71. The van der Waals surface area contributed by atoms with Crippen LogP contribution in [-0.2, 0) is 15.6 Å². The number of aromatic nitrogens is 2. The molecule has 9 rings (SSSR count). The van der Waals surface area contributed by atoms with Crippen molar-refractivity contribution in [2.75, 3.05) is 11.4 Å². The molecule has 0 radical (unpaired) electrons. The first-order valence-electron chi connectivity index (χ1n) is 15.0. The fourth-order valence-electron chi connectivity index (χ4n) is 7.97. The minimum Gasteiger partial charge on any atom is -0.339 e. The van der Waals surface area contributed by atoms with E-state index in [0.29, 0.717) is 31.7 Å². The molecule has 0 aliphatic heterocycles. The third-order valence-corrected chi connectivity index (χ3v) is 10.6. The Bertz CT molecular complexity index is 1420. The van der Waals surface area contributed by atoms with Crippen LogP contribution in [0.4, 0.5) is 10.1 Å².